The van der Waals surface area contributed by atoms with Crippen LogP contribution in [0, 0.1) is 16.7 Å². The molecule has 1 aliphatic carbocycles. The molecule has 3 N–H and O–H groups in total. The van der Waals surface area contributed by atoms with Crippen molar-refractivity contribution in [1.82, 2.24) is 0 Å². The number of aryl methyl sites for hydroxylation is 1. The Balaban J connectivity index is 2.21. The standard InChI is InChI=1S/C14H19N3OS/c1-14(2,3)11(16)12(18)17-13-9(7-15)8-5-4-6-10(8)19-13/h11H,4-6,16H2,1-3H3,(H,17,18). The summed E-state index contributed by atoms with van der Waals surface area (Å²) in [5.74, 6) is -0.219. The van der Waals surface area contributed by atoms with Crippen LogP contribution in [-0.4, -0.2) is 11.9 Å². The van der Waals surface area contributed by atoms with E-state index in [4.69, 9.17) is 5.73 Å². The second-order valence-corrected chi connectivity index (χ2v) is 7.11. The summed E-state index contributed by atoms with van der Waals surface area (Å²) in [6, 6.07) is 1.63. The molecule has 19 heavy (non-hydrogen) atoms. The summed E-state index contributed by atoms with van der Waals surface area (Å²) in [5, 5.41) is 12.8. The maximum atomic E-state index is 12.1. The molecular weight excluding hydrogens is 258 g/mol. The van der Waals surface area contributed by atoms with Crippen LogP contribution in [0.3, 0.4) is 0 Å². The molecule has 0 aliphatic heterocycles. The topological polar surface area (TPSA) is 78.9 Å². The largest absolute Gasteiger partial charge is 0.319 e. The van der Waals surface area contributed by atoms with Gasteiger partial charge in [0.1, 0.15) is 11.1 Å². The summed E-state index contributed by atoms with van der Waals surface area (Å²) >= 11 is 1.52. The first-order valence-corrected chi connectivity index (χ1v) is 7.27. The molecule has 2 rings (SSSR count). The number of carbonyl (C=O) groups excluding carboxylic acids is 1. The Labute approximate surface area is 117 Å². The number of fused-ring (bicyclic) bond motifs is 1. The number of nitrogens with zero attached hydrogens (tertiary/aromatic N) is 1. The number of nitrogens with two attached hydrogens (primary N) is 1. The Kier molecular flexibility index (Phi) is 3.66. The van der Waals surface area contributed by atoms with Gasteiger partial charge in [-0.1, -0.05) is 20.8 Å². The monoisotopic (exact) mass is 277 g/mol. The second kappa shape index (κ2) is 4.95. The number of carbonyl (C=O) groups is 1. The number of nitriles is 1. The Morgan fingerprint density at radius 1 is 1.47 bits per heavy atom. The number of rotatable bonds is 2. The van der Waals surface area contributed by atoms with Crippen LogP contribution >= 0.6 is 11.3 Å². The molecule has 4 nitrogen and oxygen atoms in total. The van der Waals surface area contributed by atoms with Crippen LogP contribution in [0.5, 0.6) is 0 Å². The van der Waals surface area contributed by atoms with Crippen molar-refractivity contribution in [2.45, 2.75) is 46.1 Å². The lowest BCUT2D eigenvalue weighted by Crippen LogP contribution is -2.45. The van der Waals surface area contributed by atoms with E-state index in [1.54, 1.807) is 0 Å². The lowest BCUT2D eigenvalue weighted by Gasteiger charge is -2.25. The molecule has 1 aliphatic rings. The van der Waals surface area contributed by atoms with Gasteiger partial charge in [0.25, 0.3) is 0 Å². The molecule has 0 spiro atoms. The van der Waals surface area contributed by atoms with Crippen molar-refractivity contribution < 1.29 is 4.79 Å². The number of nitrogens with one attached hydrogen (secondary N) is 1. The highest BCUT2D eigenvalue weighted by atomic mass is 32.1. The third-order valence-corrected chi connectivity index (χ3v) is 4.69. The fraction of sp³-hybridized carbons (Fsp3) is 0.571. The molecule has 0 aromatic carbocycles. The van der Waals surface area contributed by atoms with E-state index in [0.717, 1.165) is 24.8 Å². The van der Waals surface area contributed by atoms with Gasteiger partial charge in [-0.05, 0) is 30.2 Å². The third kappa shape index (κ3) is 2.65. The van der Waals surface area contributed by atoms with Gasteiger partial charge in [0.05, 0.1) is 11.6 Å². The molecule has 1 unspecified atom stereocenters. The minimum Gasteiger partial charge on any atom is -0.319 e. The quantitative estimate of drug-likeness (QED) is 0.871. The average Bonchev–Trinajstić information content (AvgIpc) is 2.86. The van der Waals surface area contributed by atoms with Gasteiger partial charge < -0.3 is 11.1 Å². The molecule has 1 heterocycles. The highest BCUT2D eigenvalue weighted by molar-refractivity contribution is 7.16. The van der Waals surface area contributed by atoms with Crippen molar-refractivity contribution >= 4 is 22.2 Å². The summed E-state index contributed by atoms with van der Waals surface area (Å²) in [7, 11) is 0. The summed E-state index contributed by atoms with van der Waals surface area (Å²) in [5.41, 5.74) is 7.39. The van der Waals surface area contributed by atoms with E-state index in [1.165, 1.54) is 16.2 Å². The van der Waals surface area contributed by atoms with E-state index < -0.39 is 6.04 Å². The Hall–Kier alpha value is -1.38. The smallest absolute Gasteiger partial charge is 0.242 e. The van der Waals surface area contributed by atoms with Gasteiger partial charge in [-0.2, -0.15) is 5.26 Å². The number of hydrogen-bond donors (Lipinski definition) is 2. The molecular formula is C14H19N3OS. The van der Waals surface area contributed by atoms with E-state index >= 15 is 0 Å². The zero-order valence-corrected chi connectivity index (χ0v) is 12.4. The van der Waals surface area contributed by atoms with Crippen LogP contribution in [0.15, 0.2) is 0 Å². The normalized spacial score (nSPS) is 15.7. The van der Waals surface area contributed by atoms with Gasteiger partial charge in [0.15, 0.2) is 0 Å². The van der Waals surface area contributed by atoms with E-state index in [0.29, 0.717) is 10.6 Å². The predicted octanol–water partition coefficient (Wildman–Crippen LogP) is 2.42. The highest BCUT2D eigenvalue weighted by Gasteiger charge is 2.29. The lowest BCUT2D eigenvalue weighted by molar-refractivity contribution is -0.119. The molecule has 1 aromatic rings. The Morgan fingerprint density at radius 2 is 2.16 bits per heavy atom. The molecule has 1 amide bonds. The Morgan fingerprint density at radius 3 is 2.74 bits per heavy atom. The van der Waals surface area contributed by atoms with Gasteiger partial charge in [-0.25, -0.2) is 0 Å². The summed E-state index contributed by atoms with van der Waals surface area (Å²) in [6.45, 7) is 5.78. The summed E-state index contributed by atoms with van der Waals surface area (Å²) < 4.78 is 0. The fourth-order valence-electron chi connectivity index (χ4n) is 2.19. The average molecular weight is 277 g/mol. The minimum absolute atomic E-state index is 0.219. The van der Waals surface area contributed by atoms with Crippen LogP contribution < -0.4 is 11.1 Å². The molecule has 102 valence electrons. The first-order valence-electron chi connectivity index (χ1n) is 6.45. The third-order valence-electron chi connectivity index (χ3n) is 3.49. The van der Waals surface area contributed by atoms with E-state index in [9.17, 15) is 10.1 Å². The molecule has 0 saturated carbocycles. The van der Waals surface area contributed by atoms with E-state index in [-0.39, 0.29) is 11.3 Å². The predicted molar refractivity (Wildman–Crippen MR) is 77.1 cm³/mol. The van der Waals surface area contributed by atoms with Crippen LogP contribution in [0.4, 0.5) is 5.00 Å². The molecule has 1 atom stereocenters. The first kappa shape index (κ1) is 14.0. The second-order valence-electron chi connectivity index (χ2n) is 6.01. The maximum absolute atomic E-state index is 12.1. The molecule has 5 heteroatoms. The van der Waals surface area contributed by atoms with Crippen LogP contribution in [0.25, 0.3) is 0 Å². The van der Waals surface area contributed by atoms with Crippen molar-refractivity contribution in [3.8, 4) is 6.07 Å². The van der Waals surface area contributed by atoms with Crippen molar-refractivity contribution in [2.75, 3.05) is 5.32 Å². The van der Waals surface area contributed by atoms with Crippen LogP contribution in [-0.2, 0) is 17.6 Å². The first-order chi connectivity index (χ1) is 8.84. The van der Waals surface area contributed by atoms with Gasteiger partial charge in [-0.3, -0.25) is 4.79 Å². The minimum atomic E-state index is -0.587. The van der Waals surface area contributed by atoms with Gasteiger partial charge >= 0.3 is 0 Å². The molecule has 0 bridgehead atoms. The highest BCUT2D eigenvalue weighted by Crippen LogP contribution is 2.38. The number of hydrogen-bond acceptors (Lipinski definition) is 4. The molecule has 0 saturated heterocycles. The number of thiophene rings is 1. The summed E-state index contributed by atoms with van der Waals surface area (Å²) in [6.07, 6.45) is 3.05. The maximum Gasteiger partial charge on any atom is 0.242 e. The SMILES string of the molecule is CC(C)(C)C(N)C(=O)Nc1sc2c(c1C#N)CCC2. The van der Waals surface area contributed by atoms with Crippen molar-refractivity contribution in [3.05, 3.63) is 16.0 Å². The zero-order valence-electron chi connectivity index (χ0n) is 11.5. The zero-order chi connectivity index (χ0) is 14.2. The van der Waals surface area contributed by atoms with Crippen molar-refractivity contribution in [1.29, 1.82) is 5.26 Å². The fourth-order valence-corrected chi connectivity index (χ4v) is 3.44. The van der Waals surface area contributed by atoms with E-state index in [1.807, 2.05) is 20.8 Å². The molecule has 0 radical (unpaired) electrons. The Bertz CT molecular complexity index is 548. The molecule has 1 aromatic heterocycles. The van der Waals surface area contributed by atoms with Crippen molar-refractivity contribution in [2.24, 2.45) is 11.1 Å². The van der Waals surface area contributed by atoms with Crippen LogP contribution in [0.1, 0.15) is 43.2 Å². The van der Waals surface area contributed by atoms with E-state index in [2.05, 4.69) is 11.4 Å². The van der Waals surface area contributed by atoms with Gasteiger partial charge in [0, 0.05) is 4.88 Å². The van der Waals surface area contributed by atoms with Crippen LogP contribution in [0.2, 0.25) is 0 Å². The van der Waals surface area contributed by atoms with Gasteiger partial charge in [-0.15, -0.1) is 11.3 Å². The summed E-state index contributed by atoms with van der Waals surface area (Å²) in [4.78, 5) is 13.3. The lowest BCUT2D eigenvalue weighted by atomic mass is 9.87. The molecule has 0 fully saturated rings. The number of anilines is 1. The van der Waals surface area contributed by atoms with Gasteiger partial charge in [0.2, 0.25) is 5.91 Å². The van der Waals surface area contributed by atoms with Crippen molar-refractivity contribution in [3.63, 3.8) is 0 Å². The number of amides is 1.